The second kappa shape index (κ2) is 6.85. The Morgan fingerprint density at radius 3 is 2.58 bits per heavy atom. The Bertz CT molecular complexity index is 1050. The molecule has 2 saturated carbocycles. The number of aliphatic hydroxyl groups is 2. The fourth-order valence-electron chi connectivity index (χ4n) is 7.75. The maximum atomic E-state index is 12.8. The van der Waals surface area contributed by atoms with Crippen LogP contribution in [0.3, 0.4) is 0 Å². The highest BCUT2D eigenvalue weighted by Gasteiger charge is 2.68. The fraction of sp³-hybridized carbons (Fsp3) is 0.680. The van der Waals surface area contributed by atoms with E-state index in [-0.39, 0.29) is 29.7 Å². The van der Waals surface area contributed by atoms with Crippen molar-refractivity contribution in [2.75, 3.05) is 6.54 Å². The van der Waals surface area contributed by atoms with E-state index in [1.165, 1.54) is 11.0 Å². The Kier molecular flexibility index (Phi) is 4.67. The van der Waals surface area contributed by atoms with Crippen LogP contribution in [0.2, 0.25) is 0 Å². The summed E-state index contributed by atoms with van der Waals surface area (Å²) in [7, 11) is 0. The number of phenolic OH excluding ortho intramolecular Hbond substituents is 1. The number of carboxylic acid groups (broad SMARTS) is 1. The smallest absolute Gasteiger partial charge is 0.323 e. The fourth-order valence-corrected chi connectivity index (χ4v) is 7.75. The quantitative estimate of drug-likeness (QED) is 0.534. The zero-order chi connectivity index (χ0) is 24.1. The molecule has 2 aliphatic heterocycles. The van der Waals surface area contributed by atoms with E-state index in [0.29, 0.717) is 29.7 Å². The molecule has 0 bridgehead atoms. The molecular weight excluding hydrogens is 426 g/mol. The number of carbonyl (C=O) groups excluding carboxylic acids is 1. The van der Waals surface area contributed by atoms with Gasteiger partial charge in [0.2, 0.25) is 0 Å². The zero-order valence-corrected chi connectivity index (χ0v) is 19.6. The minimum atomic E-state index is -1.09. The van der Waals surface area contributed by atoms with Crippen molar-refractivity contribution in [3.05, 3.63) is 22.8 Å². The number of phenols is 1. The number of aliphatic carboxylic acids is 1. The van der Waals surface area contributed by atoms with Gasteiger partial charge in [0.1, 0.15) is 23.6 Å². The molecule has 0 saturated heterocycles. The summed E-state index contributed by atoms with van der Waals surface area (Å²) in [5, 5.41) is 41.8. The Balaban J connectivity index is 1.61. The van der Waals surface area contributed by atoms with E-state index in [2.05, 4.69) is 13.8 Å². The zero-order valence-electron chi connectivity index (χ0n) is 19.6. The van der Waals surface area contributed by atoms with Crippen LogP contribution in [0.25, 0.3) is 0 Å². The monoisotopic (exact) mass is 459 g/mol. The Morgan fingerprint density at radius 2 is 1.91 bits per heavy atom. The number of aromatic hydroxyl groups is 1. The maximum Gasteiger partial charge on any atom is 0.323 e. The topological polar surface area (TPSA) is 128 Å². The Morgan fingerprint density at radius 1 is 1.21 bits per heavy atom. The highest BCUT2D eigenvalue weighted by molar-refractivity contribution is 6.01. The molecule has 1 amide bonds. The SMILES string of the molecule is CC1CCC2C(C)(C)C(O)C(O)CC2(C)C12Cc1c(O)cc3c(c1O2)CN(CC(=O)O)C3=O. The number of carbonyl (C=O) groups is 2. The van der Waals surface area contributed by atoms with E-state index in [9.17, 15) is 30.0 Å². The van der Waals surface area contributed by atoms with E-state index < -0.39 is 47.1 Å². The molecule has 2 aliphatic carbocycles. The molecule has 0 aromatic heterocycles. The molecule has 8 nitrogen and oxygen atoms in total. The van der Waals surface area contributed by atoms with E-state index in [1.54, 1.807) is 0 Å². The first-order chi connectivity index (χ1) is 15.3. The number of hydrogen-bond acceptors (Lipinski definition) is 6. The third-order valence-corrected chi connectivity index (χ3v) is 9.46. The van der Waals surface area contributed by atoms with Crippen LogP contribution in [0.15, 0.2) is 6.07 Å². The van der Waals surface area contributed by atoms with Gasteiger partial charge in [0.25, 0.3) is 5.91 Å². The second-order valence-electron chi connectivity index (χ2n) is 11.4. The molecule has 5 rings (SSSR count). The maximum absolute atomic E-state index is 12.8. The molecule has 6 atom stereocenters. The van der Waals surface area contributed by atoms with Crippen molar-refractivity contribution < 1.29 is 34.8 Å². The summed E-state index contributed by atoms with van der Waals surface area (Å²) in [5.74, 6) is -0.838. The van der Waals surface area contributed by atoms with Crippen molar-refractivity contribution in [2.45, 2.75) is 77.7 Å². The van der Waals surface area contributed by atoms with Crippen LogP contribution in [0, 0.1) is 22.7 Å². The van der Waals surface area contributed by atoms with E-state index in [4.69, 9.17) is 4.74 Å². The van der Waals surface area contributed by atoms with Crippen molar-refractivity contribution in [1.82, 2.24) is 4.90 Å². The minimum absolute atomic E-state index is 0.0141. The van der Waals surface area contributed by atoms with E-state index in [0.717, 1.165) is 12.8 Å². The van der Waals surface area contributed by atoms with Gasteiger partial charge in [-0.15, -0.1) is 0 Å². The number of benzene rings is 1. The number of nitrogens with zero attached hydrogens (tertiary/aromatic N) is 1. The predicted octanol–water partition coefficient (Wildman–Crippen LogP) is 2.31. The van der Waals surface area contributed by atoms with Crippen LogP contribution in [-0.4, -0.2) is 61.6 Å². The molecule has 33 heavy (non-hydrogen) atoms. The normalized spacial score (nSPS) is 38.6. The highest BCUT2D eigenvalue weighted by atomic mass is 16.5. The average Bonchev–Trinajstić information content (AvgIpc) is 3.26. The number of hydrogen-bond donors (Lipinski definition) is 4. The van der Waals surface area contributed by atoms with Gasteiger partial charge in [-0.25, -0.2) is 0 Å². The molecule has 2 heterocycles. The number of carboxylic acids is 1. The van der Waals surface area contributed by atoms with Crippen LogP contribution in [0.1, 0.15) is 68.4 Å². The molecule has 0 radical (unpaired) electrons. The molecule has 4 N–H and O–H groups in total. The lowest BCUT2D eigenvalue weighted by atomic mass is 9.43. The lowest BCUT2D eigenvalue weighted by molar-refractivity contribution is -0.240. The Labute approximate surface area is 193 Å². The lowest BCUT2D eigenvalue weighted by Crippen LogP contribution is -2.69. The van der Waals surface area contributed by atoms with Gasteiger partial charge < -0.3 is 30.1 Å². The van der Waals surface area contributed by atoms with Crippen molar-refractivity contribution in [2.24, 2.45) is 22.7 Å². The number of ether oxygens (including phenoxy) is 1. The number of fused-ring (bicyclic) bond motifs is 5. The van der Waals surface area contributed by atoms with Gasteiger partial charge in [-0.2, -0.15) is 0 Å². The van der Waals surface area contributed by atoms with Gasteiger partial charge >= 0.3 is 5.97 Å². The van der Waals surface area contributed by atoms with Crippen LogP contribution in [0.4, 0.5) is 0 Å². The standard InChI is InChI=1S/C25H33NO7/c1-12-5-6-18-23(2,3)21(31)17(28)9-24(18,4)25(12)8-14-16(27)7-13-15(20(14)33-25)10-26(22(13)32)11-19(29)30/h7,12,17-18,21,27-28,31H,5-6,8-11H2,1-4H3,(H,29,30). The largest absolute Gasteiger partial charge is 0.508 e. The van der Waals surface area contributed by atoms with Gasteiger partial charge in [-0.1, -0.05) is 27.7 Å². The number of amides is 1. The first-order valence-corrected chi connectivity index (χ1v) is 11.8. The third-order valence-electron chi connectivity index (χ3n) is 9.46. The summed E-state index contributed by atoms with van der Waals surface area (Å²) in [5.41, 5.74) is -0.156. The van der Waals surface area contributed by atoms with Crippen molar-refractivity contribution in [1.29, 1.82) is 0 Å². The highest BCUT2D eigenvalue weighted by Crippen LogP contribution is 2.67. The summed E-state index contributed by atoms with van der Waals surface area (Å²) in [4.78, 5) is 25.3. The third kappa shape index (κ3) is 2.77. The number of rotatable bonds is 2. The number of aliphatic hydroxyl groups excluding tert-OH is 2. The van der Waals surface area contributed by atoms with Crippen molar-refractivity contribution >= 4 is 11.9 Å². The van der Waals surface area contributed by atoms with Gasteiger partial charge in [-0.05, 0) is 42.6 Å². The Hall–Kier alpha value is -2.32. The van der Waals surface area contributed by atoms with Crippen LogP contribution >= 0.6 is 0 Å². The predicted molar refractivity (Wildman–Crippen MR) is 118 cm³/mol. The van der Waals surface area contributed by atoms with Gasteiger partial charge in [-0.3, -0.25) is 9.59 Å². The van der Waals surface area contributed by atoms with Gasteiger partial charge in [0, 0.05) is 23.0 Å². The first kappa shape index (κ1) is 22.5. The molecular formula is C25H33NO7. The minimum Gasteiger partial charge on any atom is -0.508 e. The molecule has 1 aromatic carbocycles. The van der Waals surface area contributed by atoms with Crippen molar-refractivity contribution in [3.63, 3.8) is 0 Å². The lowest BCUT2D eigenvalue weighted by Gasteiger charge is -2.64. The molecule has 8 heteroatoms. The van der Waals surface area contributed by atoms with Crippen LogP contribution < -0.4 is 4.74 Å². The van der Waals surface area contributed by atoms with Crippen molar-refractivity contribution in [3.8, 4) is 11.5 Å². The molecule has 6 unspecified atom stereocenters. The summed E-state index contributed by atoms with van der Waals surface area (Å²) >= 11 is 0. The molecule has 1 spiro atoms. The summed E-state index contributed by atoms with van der Waals surface area (Å²) in [6.45, 7) is 7.99. The second-order valence-corrected chi connectivity index (χ2v) is 11.4. The van der Waals surface area contributed by atoms with E-state index >= 15 is 0 Å². The average molecular weight is 460 g/mol. The van der Waals surface area contributed by atoms with Crippen LogP contribution in [0.5, 0.6) is 11.5 Å². The summed E-state index contributed by atoms with van der Waals surface area (Å²) in [6.07, 6.45) is 0.903. The van der Waals surface area contributed by atoms with Crippen LogP contribution in [-0.2, 0) is 17.8 Å². The summed E-state index contributed by atoms with van der Waals surface area (Å²) < 4.78 is 6.84. The molecule has 2 fully saturated rings. The van der Waals surface area contributed by atoms with Gasteiger partial charge in [0.15, 0.2) is 0 Å². The first-order valence-electron chi connectivity index (χ1n) is 11.8. The summed E-state index contributed by atoms with van der Waals surface area (Å²) in [6, 6.07) is 1.44. The van der Waals surface area contributed by atoms with E-state index in [1.807, 2.05) is 13.8 Å². The molecule has 180 valence electrons. The van der Waals surface area contributed by atoms with Gasteiger partial charge in [0.05, 0.1) is 24.3 Å². The molecule has 1 aromatic rings. The molecule has 4 aliphatic rings.